The van der Waals surface area contributed by atoms with Crippen LogP contribution in [-0.4, -0.2) is 81.2 Å². The average molecular weight is 1010 g/mol. The lowest BCUT2D eigenvalue weighted by Gasteiger charge is -2.38. The van der Waals surface area contributed by atoms with Gasteiger partial charge in [-0.15, -0.1) is 0 Å². The molecule has 1 unspecified atom stereocenters. The van der Waals surface area contributed by atoms with Crippen LogP contribution in [0.2, 0.25) is 0 Å². The van der Waals surface area contributed by atoms with Gasteiger partial charge in [0.15, 0.2) is 0 Å². The highest BCUT2D eigenvalue weighted by Crippen LogP contribution is 2.50. The van der Waals surface area contributed by atoms with E-state index in [1.807, 2.05) is 36.4 Å². The predicted molar refractivity (Wildman–Crippen MR) is 264 cm³/mol. The second kappa shape index (κ2) is 18.6. The van der Waals surface area contributed by atoms with Gasteiger partial charge in [0.2, 0.25) is 0 Å². The molecule has 3 aliphatic rings. The van der Waals surface area contributed by atoms with Gasteiger partial charge < -0.3 is 34.1 Å². The van der Waals surface area contributed by atoms with Crippen LogP contribution < -0.4 is 4.90 Å². The average Bonchev–Trinajstić information content (AvgIpc) is 4.23. The Kier molecular flexibility index (Phi) is 12.7. The molecule has 382 valence electrons. The lowest BCUT2D eigenvalue weighted by Crippen LogP contribution is -2.56. The van der Waals surface area contributed by atoms with Gasteiger partial charge in [0.1, 0.15) is 11.6 Å². The first-order valence-corrected chi connectivity index (χ1v) is 24.7. The Morgan fingerprint density at radius 3 is 1.32 bits per heavy atom. The van der Waals surface area contributed by atoms with Crippen molar-refractivity contribution in [3.63, 3.8) is 0 Å². The summed E-state index contributed by atoms with van der Waals surface area (Å²) < 4.78 is 101. The molecule has 2 amide bonds. The number of carbonyl (C=O) groups excluding carboxylic acids is 2. The molecule has 0 radical (unpaired) electrons. The maximum Gasteiger partial charge on any atom is 0.430 e. The normalized spacial score (nSPS) is 21.5. The number of aromatic amines is 2. The number of nitrogens with zero attached hydrogens (tertiary/aromatic N) is 5. The first-order chi connectivity index (χ1) is 34.8. The Labute approximate surface area is 418 Å². The maximum atomic E-state index is 15.1. The number of rotatable bonds is 11. The van der Waals surface area contributed by atoms with Gasteiger partial charge in [-0.1, -0.05) is 106 Å². The molecule has 0 aliphatic carbocycles. The molecule has 0 spiro atoms. The lowest BCUT2D eigenvalue weighted by molar-refractivity contribution is -0.271. The standard InChI is InChI=1S/C56H57F6N7O4/c1-52(2,3)36-22-24-39(25-23-36)69-44(34-20-26-40-42(32-34)65-48(63-40)46-18-12-30-67(46)50(70)53(72-4,55(57,58)59)37-14-8-6-9-15-37)28-29-45(69)35-21-27-41-43(33-35)66-49(64-41)47-19-13-31-68(47)51(71)54(73-5,56(60,61)62)38-16-10-7-11-17-38/h6-11,14-17,20-27,32-33,44-47H,12-13,18-19,28-31H2,1-5H3,(H,63,65)(H,64,66)/t44-,45?,46+,47+,53+,54+/m1/s1. The number of halogens is 6. The van der Waals surface area contributed by atoms with E-state index in [9.17, 15) is 9.59 Å². The van der Waals surface area contributed by atoms with Crippen molar-refractivity contribution in [3.8, 4) is 0 Å². The molecule has 0 saturated carbocycles. The fourth-order valence-corrected chi connectivity index (χ4v) is 11.6. The molecule has 3 fully saturated rings. The molecule has 11 nitrogen and oxygen atoms in total. The third kappa shape index (κ3) is 8.41. The third-order valence-electron chi connectivity index (χ3n) is 15.3. The van der Waals surface area contributed by atoms with E-state index < -0.39 is 47.5 Å². The number of hydrogen-bond donors (Lipinski definition) is 2. The zero-order valence-corrected chi connectivity index (χ0v) is 41.2. The van der Waals surface area contributed by atoms with Crippen molar-refractivity contribution in [2.24, 2.45) is 0 Å². The summed E-state index contributed by atoms with van der Waals surface area (Å²) in [4.78, 5) is 49.8. The maximum absolute atomic E-state index is 15.1. The van der Waals surface area contributed by atoms with E-state index >= 15 is 26.3 Å². The number of hydrogen-bond acceptors (Lipinski definition) is 7. The van der Waals surface area contributed by atoms with Crippen molar-refractivity contribution in [2.45, 2.75) is 112 Å². The number of alkyl halides is 6. The van der Waals surface area contributed by atoms with Gasteiger partial charge in [-0.25, -0.2) is 9.97 Å². The highest BCUT2D eigenvalue weighted by molar-refractivity contribution is 5.89. The Morgan fingerprint density at radius 2 is 0.945 bits per heavy atom. The van der Waals surface area contributed by atoms with E-state index in [0.29, 0.717) is 59.4 Å². The fourth-order valence-electron chi connectivity index (χ4n) is 11.6. The molecule has 10 rings (SSSR count). The summed E-state index contributed by atoms with van der Waals surface area (Å²) >= 11 is 0. The van der Waals surface area contributed by atoms with Crippen LogP contribution in [0, 0.1) is 0 Å². The van der Waals surface area contributed by atoms with Crippen LogP contribution in [0.4, 0.5) is 32.0 Å². The second-order valence-corrected chi connectivity index (χ2v) is 20.4. The molecule has 17 heteroatoms. The number of ether oxygens (including phenoxy) is 2. The minimum Gasteiger partial charge on any atom is -0.357 e. The molecule has 5 aromatic carbocycles. The minimum absolute atomic E-state index is 0.0905. The molecule has 3 aliphatic heterocycles. The topological polar surface area (TPSA) is 120 Å². The summed E-state index contributed by atoms with van der Waals surface area (Å²) in [5.74, 6) is -1.60. The Bertz CT molecular complexity index is 2950. The smallest absolute Gasteiger partial charge is 0.357 e. The van der Waals surface area contributed by atoms with Gasteiger partial charge in [0.05, 0.1) is 46.2 Å². The van der Waals surface area contributed by atoms with Crippen molar-refractivity contribution < 1.29 is 45.4 Å². The number of aromatic nitrogens is 4. The van der Waals surface area contributed by atoms with E-state index in [-0.39, 0.29) is 41.7 Å². The lowest BCUT2D eigenvalue weighted by atomic mass is 9.87. The highest BCUT2D eigenvalue weighted by Gasteiger charge is 2.66. The Hall–Kier alpha value is -6.72. The summed E-state index contributed by atoms with van der Waals surface area (Å²) in [6.45, 7) is 6.68. The number of carbonyl (C=O) groups is 2. The zero-order chi connectivity index (χ0) is 51.7. The summed E-state index contributed by atoms with van der Waals surface area (Å²) in [6.07, 6.45) is -6.81. The van der Waals surface area contributed by atoms with Crippen molar-refractivity contribution in [2.75, 3.05) is 32.2 Å². The molecular formula is C56H57F6N7O4. The number of fused-ring (bicyclic) bond motifs is 2. The summed E-state index contributed by atoms with van der Waals surface area (Å²) in [7, 11) is 1.82. The minimum atomic E-state index is -5.05. The molecule has 73 heavy (non-hydrogen) atoms. The SMILES string of the molecule is CO[C@](C(=O)N1CCC[C@H]1c1nc2ccc(C3CC[C@H](c4ccc5nc([C@@H]6CCCN6C(=O)[C@@](OC)(c6ccccc6)C(F)(F)F)[nH]c5c4)N3c3ccc(C(C)(C)C)cc3)cc2[nH]1)(c1ccccc1)C(F)(F)F. The second-order valence-electron chi connectivity index (χ2n) is 20.4. The Morgan fingerprint density at radius 1 is 0.534 bits per heavy atom. The molecule has 7 aromatic rings. The van der Waals surface area contributed by atoms with Crippen molar-refractivity contribution in [1.82, 2.24) is 29.7 Å². The van der Waals surface area contributed by atoms with Gasteiger partial charge in [0.25, 0.3) is 23.0 Å². The number of nitrogens with one attached hydrogen (secondary N) is 2. The molecule has 5 heterocycles. The van der Waals surface area contributed by atoms with Gasteiger partial charge in [-0.3, -0.25) is 9.59 Å². The van der Waals surface area contributed by atoms with Crippen LogP contribution in [0.15, 0.2) is 121 Å². The molecule has 2 N–H and O–H groups in total. The van der Waals surface area contributed by atoms with E-state index in [0.717, 1.165) is 43.9 Å². The number of amides is 2. The molecule has 2 aromatic heterocycles. The van der Waals surface area contributed by atoms with Crippen molar-refractivity contribution in [3.05, 3.63) is 161 Å². The molecule has 6 atom stereocenters. The monoisotopic (exact) mass is 1010 g/mol. The Balaban J connectivity index is 0.963. The summed E-state index contributed by atoms with van der Waals surface area (Å²) in [5.41, 5.74) is -0.370. The van der Waals surface area contributed by atoms with E-state index in [1.54, 1.807) is 12.1 Å². The van der Waals surface area contributed by atoms with Crippen LogP contribution in [0.3, 0.4) is 0 Å². The van der Waals surface area contributed by atoms with Gasteiger partial charge in [-0.2, -0.15) is 26.3 Å². The molecule has 3 saturated heterocycles. The van der Waals surface area contributed by atoms with Gasteiger partial charge in [-0.05, 0) is 97.0 Å². The molecular weight excluding hydrogens is 949 g/mol. The number of H-pyrrole nitrogens is 2. The number of likely N-dealkylation sites (tertiary alicyclic amines) is 2. The molecule has 0 bridgehead atoms. The van der Waals surface area contributed by atoms with E-state index in [1.165, 1.54) is 63.9 Å². The fraction of sp³-hybridized carbons (Fsp3) is 0.393. The zero-order valence-electron chi connectivity index (χ0n) is 41.2. The first kappa shape index (κ1) is 49.8. The van der Waals surface area contributed by atoms with Crippen molar-refractivity contribution >= 4 is 39.6 Å². The summed E-state index contributed by atoms with van der Waals surface area (Å²) in [5, 5.41) is 0. The van der Waals surface area contributed by atoms with E-state index in [4.69, 9.17) is 19.4 Å². The van der Waals surface area contributed by atoms with E-state index in [2.05, 4.69) is 59.9 Å². The number of methoxy groups -OCH3 is 2. The number of anilines is 1. The highest BCUT2D eigenvalue weighted by atomic mass is 19.4. The van der Waals surface area contributed by atoms with Crippen LogP contribution in [-0.2, 0) is 35.7 Å². The van der Waals surface area contributed by atoms with Crippen molar-refractivity contribution in [1.29, 1.82) is 0 Å². The quantitative estimate of drug-likeness (QED) is 0.124. The van der Waals surface area contributed by atoms with Crippen LogP contribution in [0.5, 0.6) is 0 Å². The van der Waals surface area contributed by atoms with Crippen LogP contribution in [0.1, 0.15) is 123 Å². The van der Waals surface area contributed by atoms with Gasteiger partial charge in [0, 0.05) is 44.1 Å². The summed E-state index contributed by atoms with van der Waals surface area (Å²) in [6, 6.07) is 32.7. The van der Waals surface area contributed by atoms with Gasteiger partial charge >= 0.3 is 12.4 Å². The predicted octanol–water partition coefficient (Wildman–Crippen LogP) is 12.4. The van der Waals surface area contributed by atoms with Crippen LogP contribution >= 0.6 is 0 Å². The van der Waals surface area contributed by atoms with Crippen LogP contribution in [0.25, 0.3) is 22.1 Å². The number of benzene rings is 5. The number of imidazole rings is 2. The largest absolute Gasteiger partial charge is 0.430 e. The third-order valence-corrected chi connectivity index (χ3v) is 15.3. The first-order valence-electron chi connectivity index (χ1n) is 24.7.